The number of benzene rings is 2. The molecule has 6 rings (SSSR count). The maximum absolute atomic E-state index is 12.8. The number of fused-ring (bicyclic) bond motifs is 1. The molecule has 5 aromatic rings. The molecule has 2 N–H and O–H groups in total. The summed E-state index contributed by atoms with van der Waals surface area (Å²) in [6.07, 6.45) is 6.18. The Labute approximate surface area is 252 Å². The maximum atomic E-state index is 12.8. The predicted octanol–water partition coefficient (Wildman–Crippen LogP) is 4.30. The largest absolute Gasteiger partial charge is 0.457 e. The third-order valence-electron chi connectivity index (χ3n) is 7.12. The summed E-state index contributed by atoms with van der Waals surface area (Å²) in [5.41, 5.74) is 7.70. The molecule has 1 aliphatic rings. The lowest BCUT2D eigenvalue weighted by Crippen LogP contribution is -2.37. The number of aromatic nitrogens is 5. The Hall–Kier alpha value is -5.78. The average Bonchev–Trinajstić information content (AvgIpc) is 3.47. The van der Waals surface area contributed by atoms with Crippen LogP contribution >= 0.6 is 0 Å². The molecule has 0 atom stereocenters. The first-order chi connectivity index (χ1) is 21.5. The smallest absolute Gasteiger partial charge is 0.254 e. The van der Waals surface area contributed by atoms with Crippen molar-refractivity contribution in [2.24, 2.45) is 5.73 Å². The number of nitrogens with zero attached hydrogens (tertiary/aromatic N) is 6. The van der Waals surface area contributed by atoms with E-state index in [2.05, 4.69) is 20.3 Å². The van der Waals surface area contributed by atoms with Crippen molar-refractivity contribution in [2.45, 2.75) is 18.8 Å². The van der Waals surface area contributed by atoms with Crippen molar-refractivity contribution < 1.29 is 23.9 Å². The molecular weight excluding hydrogens is 562 g/mol. The second-order valence-corrected chi connectivity index (χ2v) is 10.0. The summed E-state index contributed by atoms with van der Waals surface area (Å²) in [4.78, 5) is 42.3. The van der Waals surface area contributed by atoms with Crippen molar-refractivity contribution in [3.8, 4) is 23.1 Å². The molecule has 12 nitrogen and oxygen atoms in total. The lowest BCUT2D eigenvalue weighted by atomic mass is 9.92. The molecule has 2 aromatic carbocycles. The van der Waals surface area contributed by atoms with Crippen LogP contribution in [-0.2, 0) is 4.79 Å². The second kappa shape index (κ2) is 13.0. The highest BCUT2D eigenvalue weighted by Gasteiger charge is 2.25. The quantitative estimate of drug-likeness (QED) is 0.235. The summed E-state index contributed by atoms with van der Waals surface area (Å²) in [5, 5.41) is 7.89. The SMILES string of the molecule is NC(=O)c1ccc(C2CCN(C(=O)/C=C/COn3nnc4cccnc43)CC2)nc1Oc1ccc(Oc2ccccc2)cc1. The number of carbonyl (C=O) groups excluding carboxylic acids is 2. The van der Waals surface area contributed by atoms with Crippen LogP contribution in [0, 0.1) is 0 Å². The van der Waals surface area contributed by atoms with Gasteiger partial charge in [-0.1, -0.05) is 23.0 Å². The summed E-state index contributed by atoms with van der Waals surface area (Å²) in [6, 6.07) is 23.5. The standard InChI is InChI=1S/C32H29N7O5/c33-30(41)26-14-15-27(35-32(26)44-25-12-10-24(11-13-25)43-23-6-2-1-3-7-23)22-16-19-38(20-17-22)29(40)9-5-21-42-39-31-28(36-37-39)8-4-18-34-31/h1-15,18,22H,16-17,19-21H2,(H2,33,41)/b9-5+. The van der Waals surface area contributed by atoms with Crippen LogP contribution in [0.5, 0.6) is 23.1 Å². The Morgan fingerprint density at radius 3 is 2.36 bits per heavy atom. The van der Waals surface area contributed by atoms with E-state index in [0.717, 1.165) is 11.4 Å². The number of hydrogen-bond donors (Lipinski definition) is 1. The Bertz CT molecular complexity index is 1780. The van der Waals surface area contributed by atoms with Gasteiger partial charge >= 0.3 is 0 Å². The number of likely N-dealkylation sites (tertiary alicyclic amines) is 1. The Kier molecular flexibility index (Phi) is 8.39. The van der Waals surface area contributed by atoms with Crippen molar-refractivity contribution in [3.05, 3.63) is 108 Å². The summed E-state index contributed by atoms with van der Waals surface area (Å²) in [6.45, 7) is 1.26. The lowest BCUT2D eigenvalue weighted by Gasteiger charge is -2.31. The molecule has 0 aliphatic carbocycles. The van der Waals surface area contributed by atoms with Gasteiger partial charge in [0.15, 0.2) is 0 Å². The van der Waals surface area contributed by atoms with E-state index in [-0.39, 0.29) is 29.9 Å². The first kappa shape index (κ1) is 28.3. The summed E-state index contributed by atoms with van der Waals surface area (Å²) < 4.78 is 11.8. The molecule has 1 saturated heterocycles. The zero-order valence-corrected chi connectivity index (χ0v) is 23.7. The van der Waals surface area contributed by atoms with Gasteiger partial charge in [0.1, 0.15) is 34.9 Å². The van der Waals surface area contributed by atoms with Gasteiger partial charge in [0.25, 0.3) is 5.91 Å². The highest BCUT2D eigenvalue weighted by atomic mass is 16.7. The Morgan fingerprint density at radius 2 is 1.61 bits per heavy atom. The topological polar surface area (TPSA) is 148 Å². The van der Waals surface area contributed by atoms with E-state index in [1.54, 1.807) is 65.7 Å². The molecule has 0 radical (unpaired) electrons. The number of primary amides is 1. The second-order valence-electron chi connectivity index (χ2n) is 10.0. The van der Waals surface area contributed by atoms with E-state index in [1.807, 2.05) is 30.3 Å². The molecule has 4 heterocycles. The van der Waals surface area contributed by atoms with Gasteiger partial charge < -0.3 is 24.9 Å². The van der Waals surface area contributed by atoms with Crippen molar-refractivity contribution >= 4 is 23.0 Å². The van der Waals surface area contributed by atoms with Crippen LogP contribution in [0.25, 0.3) is 11.2 Å². The molecule has 1 aliphatic heterocycles. The van der Waals surface area contributed by atoms with Gasteiger partial charge in [-0.3, -0.25) is 9.59 Å². The van der Waals surface area contributed by atoms with Crippen molar-refractivity contribution in [1.82, 2.24) is 30.0 Å². The van der Waals surface area contributed by atoms with Crippen LogP contribution in [0.4, 0.5) is 0 Å². The van der Waals surface area contributed by atoms with Crippen molar-refractivity contribution in [2.75, 3.05) is 19.7 Å². The highest BCUT2D eigenvalue weighted by Crippen LogP contribution is 2.32. The molecular formula is C32H29N7O5. The van der Waals surface area contributed by atoms with Crippen molar-refractivity contribution in [1.29, 1.82) is 0 Å². The van der Waals surface area contributed by atoms with Crippen LogP contribution < -0.4 is 20.0 Å². The fraction of sp³-hybridized carbons (Fsp3) is 0.188. The first-order valence-electron chi connectivity index (χ1n) is 14.1. The fourth-order valence-electron chi connectivity index (χ4n) is 4.86. The lowest BCUT2D eigenvalue weighted by molar-refractivity contribution is -0.127. The number of pyridine rings is 2. The van der Waals surface area contributed by atoms with Crippen LogP contribution in [-0.4, -0.2) is 61.5 Å². The van der Waals surface area contributed by atoms with Gasteiger partial charge in [-0.15, -0.1) is 5.10 Å². The summed E-state index contributed by atoms with van der Waals surface area (Å²) in [5.74, 6) is 1.35. The van der Waals surface area contributed by atoms with E-state index in [1.165, 1.54) is 10.9 Å². The molecule has 3 aromatic heterocycles. The number of piperidine rings is 1. The van der Waals surface area contributed by atoms with Gasteiger partial charge in [-0.05, 0) is 84.8 Å². The molecule has 0 saturated carbocycles. The van der Waals surface area contributed by atoms with Gasteiger partial charge in [-0.25, -0.2) is 9.97 Å². The number of ether oxygens (including phenoxy) is 2. The van der Waals surface area contributed by atoms with Gasteiger partial charge in [0, 0.05) is 37.0 Å². The summed E-state index contributed by atoms with van der Waals surface area (Å²) in [7, 11) is 0. The number of carbonyl (C=O) groups is 2. The van der Waals surface area contributed by atoms with Gasteiger partial charge in [-0.2, -0.15) is 0 Å². The molecule has 0 spiro atoms. The average molecular weight is 592 g/mol. The van der Waals surface area contributed by atoms with Crippen LogP contribution in [0.15, 0.2) is 97.2 Å². The third-order valence-corrected chi connectivity index (χ3v) is 7.12. The minimum atomic E-state index is -0.632. The van der Waals surface area contributed by atoms with E-state index >= 15 is 0 Å². The molecule has 0 unspecified atom stereocenters. The molecule has 1 fully saturated rings. The highest BCUT2D eigenvalue weighted by molar-refractivity contribution is 5.95. The number of rotatable bonds is 10. The number of para-hydroxylation sites is 1. The molecule has 0 bridgehead atoms. The molecule has 2 amide bonds. The third kappa shape index (κ3) is 6.65. The van der Waals surface area contributed by atoms with E-state index in [0.29, 0.717) is 48.6 Å². The van der Waals surface area contributed by atoms with E-state index < -0.39 is 5.91 Å². The summed E-state index contributed by atoms with van der Waals surface area (Å²) >= 11 is 0. The van der Waals surface area contributed by atoms with Crippen LogP contribution in [0.1, 0.15) is 34.8 Å². The fourth-order valence-corrected chi connectivity index (χ4v) is 4.86. The minimum absolute atomic E-state index is 0.0883. The minimum Gasteiger partial charge on any atom is -0.457 e. The zero-order chi connectivity index (χ0) is 30.3. The Morgan fingerprint density at radius 1 is 0.886 bits per heavy atom. The molecule has 12 heteroatoms. The van der Waals surface area contributed by atoms with Gasteiger partial charge in [0.05, 0.1) is 0 Å². The Balaban J connectivity index is 1.04. The molecule has 44 heavy (non-hydrogen) atoms. The number of amides is 2. The van der Waals surface area contributed by atoms with Crippen molar-refractivity contribution in [3.63, 3.8) is 0 Å². The number of nitrogens with two attached hydrogens (primary N) is 1. The van der Waals surface area contributed by atoms with Crippen LogP contribution in [0.2, 0.25) is 0 Å². The zero-order valence-electron chi connectivity index (χ0n) is 23.7. The van der Waals surface area contributed by atoms with E-state index in [9.17, 15) is 9.59 Å². The first-order valence-corrected chi connectivity index (χ1v) is 14.1. The normalized spacial score (nSPS) is 13.7. The predicted molar refractivity (Wildman–Crippen MR) is 160 cm³/mol. The molecule has 222 valence electrons. The van der Waals surface area contributed by atoms with E-state index in [4.69, 9.17) is 20.0 Å². The van der Waals surface area contributed by atoms with Crippen LogP contribution in [0.3, 0.4) is 0 Å². The number of hydrogen-bond acceptors (Lipinski definition) is 9. The monoisotopic (exact) mass is 591 g/mol. The van der Waals surface area contributed by atoms with Gasteiger partial charge in [0.2, 0.25) is 17.4 Å². The maximum Gasteiger partial charge on any atom is 0.254 e.